The number of amides is 1. The molecule has 0 spiro atoms. The van der Waals surface area contributed by atoms with Crippen LogP contribution < -0.4 is 14.9 Å². The highest BCUT2D eigenvalue weighted by Crippen LogP contribution is 2.37. The highest BCUT2D eigenvalue weighted by atomic mass is 79.9. The first kappa shape index (κ1) is 26.8. The Morgan fingerprint density at radius 2 is 1.84 bits per heavy atom. The zero-order valence-electron chi connectivity index (χ0n) is 19.2. The van der Waals surface area contributed by atoms with Gasteiger partial charge >= 0.3 is 5.91 Å². The summed E-state index contributed by atoms with van der Waals surface area (Å²) in [6, 6.07) is 14.9. The van der Waals surface area contributed by atoms with Gasteiger partial charge in [0, 0.05) is 22.0 Å². The highest BCUT2D eigenvalue weighted by molar-refractivity contribution is 9.11. The number of hydrogen-bond acceptors (Lipinski definition) is 7. The summed E-state index contributed by atoms with van der Waals surface area (Å²) in [6.45, 7) is 2.43. The van der Waals surface area contributed by atoms with Gasteiger partial charge < -0.3 is 13.9 Å². The number of furan rings is 1. The molecule has 0 radical (unpaired) electrons. The Balaban J connectivity index is 1.46. The normalized spacial score (nSPS) is 11.1. The number of fused-ring (bicyclic) bond motifs is 1. The Labute approximate surface area is 236 Å². The molecule has 1 amide bonds. The van der Waals surface area contributed by atoms with Gasteiger partial charge in [-0.2, -0.15) is 5.10 Å². The average Bonchev–Trinajstić information content (AvgIpc) is 3.28. The van der Waals surface area contributed by atoms with Crippen LogP contribution in [-0.2, 0) is 6.61 Å². The number of non-ortho nitro benzene ring substituents is 1. The second-order valence-corrected chi connectivity index (χ2v) is 10.2. The molecule has 1 heterocycles. The van der Waals surface area contributed by atoms with E-state index in [1.54, 1.807) is 30.3 Å². The molecule has 0 atom stereocenters. The number of nitrogens with zero attached hydrogens (tertiary/aromatic N) is 2. The molecule has 0 aliphatic carbocycles. The molecule has 0 aliphatic heterocycles. The largest absolute Gasteiger partial charge is 0.490 e. The lowest BCUT2D eigenvalue weighted by Crippen LogP contribution is -2.16. The fraction of sp³-hybridized carbons (Fsp3) is 0.120. The minimum atomic E-state index is -0.498. The van der Waals surface area contributed by atoms with Gasteiger partial charge in [-0.05, 0) is 92.4 Å². The summed E-state index contributed by atoms with van der Waals surface area (Å²) in [7, 11) is 0. The lowest BCUT2D eigenvalue weighted by Gasteiger charge is -2.14. The van der Waals surface area contributed by atoms with Crippen molar-refractivity contribution in [3.05, 3.63) is 95.0 Å². The molecule has 0 unspecified atom stereocenters. The van der Waals surface area contributed by atoms with Crippen molar-refractivity contribution in [3.8, 4) is 11.5 Å². The molecular weight excluding hydrogens is 678 g/mol. The van der Waals surface area contributed by atoms with E-state index in [1.165, 1.54) is 18.3 Å². The lowest BCUT2D eigenvalue weighted by atomic mass is 10.2. The molecule has 0 saturated carbocycles. The van der Waals surface area contributed by atoms with E-state index in [-0.39, 0.29) is 18.1 Å². The molecule has 0 fully saturated rings. The van der Waals surface area contributed by atoms with E-state index in [0.29, 0.717) is 33.7 Å². The fourth-order valence-corrected chi connectivity index (χ4v) is 5.26. The maximum Gasteiger partial charge on any atom is 0.307 e. The maximum absolute atomic E-state index is 12.5. The average molecular weight is 696 g/mol. The summed E-state index contributed by atoms with van der Waals surface area (Å²) in [6.07, 6.45) is 1.47. The molecule has 0 saturated heterocycles. The van der Waals surface area contributed by atoms with Gasteiger partial charge in [-0.15, -0.1) is 0 Å². The summed E-state index contributed by atoms with van der Waals surface area (Å²) >= 11 is 10.3. The molecule has 12 heteroatoms. The smallest absolute Gasteiger partial charge is 0.307 e. The van der Waals surface area contributed by atoms with E-state index in [1.807, 2.05) is 19.1 Å². The SMILES string of the molecule is CCOc1cc(/C=N\NC(=O)c2cc3cc(Br)cc(Br)c3o2)cc(Br)c1OCc1ccc([N+](=O)[O-])cc1. The van der Waals surface area contributed by atoms with Crippen molar-refractivity contribution in [2.75, 3.05) is 6.61 Å². The van der Waals surface area contributed by atoms with E-state index >= 15 is 0 Å². The zero-order chi connectivity index (χ0) is 26.5. The summed E-state index contributed by atoms with van der Waals surface area (Å²) in [5.41, 5.74) is 4.44. The summed E-state index contributed by atoms with van der Waals surface area (Å²) in [5, 5.41) is 15.6. The zero-order valence-corrected chi connectivity index (χ0v) is 23.9. The van der Waals surface area contributed by atoms with Gasteiger partial charge in [0.25, 0.3) is 5.69 Å². The monoisotopic (exact) mass is 693 g/mol. The van der Waals surface area contributed by atoms with Crippen LogP contribution in [0.5, 0.6) is 11.5 Å². The van der Waals surface area contributed by atoms with Crippen LogP contribution >= 0.6 is 47.8 Å². The van der Waals surface area contributed by atoms with Crippen LogP contribution in [0.3, 0.4) is 0 Å². The number of hydrogen-bond donors (Lipinski definition) is 1. The molecule has 0 aliphatic rings. The van der Waals surface area contributed by atoms with Crippen molar-refractivity contribution in [1.29, 1.82) is 0 Å². The number of carbonyl (C=O) groups is 1. The lowest BCUT2D eigenvalue weighted by molar-refractivity contribution is -0.384. The third-order valence-electron chi connectivity index (χ3n) is 5.00. The number of nitro benzene ring substituents is 1. The maximum atomic E-state index is 12.5. The third-order valence-corrected chi connectivity index (χ3v) is 6.64. The summed E-state index contributed by atoms with van der Waals surface area (Å²) < 4.78 is 19.5. The molecule has 1 aromatic heterocycles. The molecule has 4 rings (SSSR count). The number of ether oxygens (including phenoxy) is 2. The van der Waals surface area contributed by atoms with Gasteiger partial charge in [0.2, 0.25) is 0 Å². The first-order valence-electron chi connectivity index (χ1n) is 10.8. The second-order valence-electron chi connectivity index (χ2n) is 7.59. The van der Waals surface area contributed by atoms with Crippen LogP contribution in [0.2, 0.25) is 0 Å². The van der Waals surface area contributed by atoms with E-state index in [0.717, 1.165) is 19.9 Å². The minimum absolute atomic E-state index is 0.0110. The third kappa shape index (κ3) is 6.56. The van der Waals surface area contributed by atoms with Crippen LogP contribution in [0.4, 0.5) is 5.69 Å². The molecular formula is C25H18Br3N3O6. The first-order chi connectivity index (χ1) is 17.7. The Bertz CT molecular complexity index is 1500. The Kier molecular flexibility index (Phi) is 8.62. The van der Waals surface area contributed by atoms with Gasteiger partial charge in [0.15, 0.2) is 17.3 Å². The van der Waals surface area contributed by atoms with Crippen molar-refractivity contribution >= 4 is 76.6 Å². The van der Waals surface area contributed by atoms with Gasteiger partial charge in [-0.1, -0.05) is 15.9 Å². The molecule has 37 heavy (non-hydrogen) atoms. The number of benzene rings is 3. The van der Waals surface area contributed by atoms with E-state index in [4.69, 9.17) is 13.9 Å². The van der Waals surface area contributed by atoms with Crippen molar-refractivity contribution in [2.24, 2.45) is 5.10 Å². The Morgan fingerprint density at radius 3 is 2.54 bits per heavy atom. The van der Waals surface area contributed by atoms with Gasteiger partial charge in [-0.3, -0.25) is 14.9 Å². The summed E-state index contributed by atoms with van der Waals surface area (Å²) in [5.74, 6) is 0.569. The fourth-order valence-electron chi connectivity index (χ4n) is 3.34. The first-order valence-corrected chi connectivity index (χ1v) is 13.2. The van der Waals surface area contributed by atoms with Crippen LogP contribution in [0, 0.1) is 10.1 Å². The number of nitrogens with one attached hydrogen (secondary N) is 1. The number of rotatable bonds is 9. The Morgan fingerprint density at radius 1 is 1.08 bits per heavy atom. The Hall–Kier alpha value is -3.22. The quantitative estimate of drug-likeness (QED) is 0.111. The molecule has 3 aromatic carbocycles. The van der Waals surface area contributed by atoms with E-state index in [2.05, 4.69) is 58.3 Å². The molecule has 4 aromatic rings. The van der Waals surface area contributed by atoms with Crippen LogP contribution in [-0.4, -0.2) is 23.7 Å². The summed E-state index contributed by atoms with van der Waals surface area (Å²) in [4.78, 5) is 22.9. The van der Waals surface area contributed by atoms with Crippen LogP contribution in [0.15, 0.2) is 77.5 Å². The van der Waals surface area contributed by atoms with Crippen molar-refractivity contribution in [2.45, 2.75) is 13.5 Å². The molecule has 9 nitrogen and oxygen atoms in total. The predicted molar refractivity (Wildman–Crippen MR) is 149 cm³/mol. The predicted octanol–water partition coefficient (Wildman–Crippen LogP) is 7.37. The second kappa shape index (κ2) is 11.9. The number of nitro groups is 1. The van der Waals surface area contributed by atoms with Crippen molar-refractivity contribution < 1.29 is 23.6 Å². The highest BCUT2D eigenvalue weighted by Gasteiger charge is 2.15. The standard InChI is InChI=1S/C25H18Br3N3O6/c1-2-35-21-8-15(7-19(27)24(21)36-13-14-3-5-18(6-4-14)31(33)34)12-29-30-25(32)22-10-16-9-17(26)11-20(28)23(16)37-22/h3-12H,2,13H2,1H3,(H,30,32)/b29-12-. The number of carbonyl (C=O) groups excluding carboxylic acids is 1. The van der Waals surface area contributed by atoms with E-state index in [9.17, 15) is 14.9 Å². The number of halogens is 3. The molecule has 190 valence electrons. The molecule has 0 bridgehead atoms. The van der Waals surface area contributed by atoms with Crippen molar-refractivity contribution in [3.63, 3.8) is 0 Å². The van der Waals surface area contributed by atoms with Gasteiger partial charge in [-0.25, -0.2) is 5.43 Å². The van der Waals surface area contributed by atoms with Crippen molar-refractivity contribution in [1.82, 2.24) is 5.43 Å². The van der Waals surface area contributed by atoms with Gasteiger partial charge in [0.05, 0.1) is 26.7 Å². The molecule has 1 N–H and O–H groups in total. The van der Waals surface area contributed by atoms with E-state index < -0.39 is 10.8 Å². The van der Waals surface area contributed by atoms with Crippen LogP contribution in [0.25, 0.3) is 11.0 Å². The minimum Gasteiger partial charge on any atom is -0.490 e. The van der Waals surface area contributed by atoms with Gasteiger partial charge in [0.1, 0.15) is 12.2 Å². The number of hydrazone groups is 1. The van der Waals surface area contributed by atoms with Crippen LogP contribution in [0.1, 0.15) is 28.6 Å². The topological polar surface area (TPSA) is 116 Å².